The van der Waals surface area contributed by atoms with Crippen LogP contribution in [0.3, 0.4) is 0 Å². The molecule has 0 aliphatic carbocycles. The second kappa shape index (κ2) is 6.03. The third kappa shape index (κ3) is 3.08. The number of rotatable bonds is 5. The number of aromatic amines is 1. The summed E-state index contributed by atoms with van der Waals surface area (Å²) in [7, 11) is 1.91. The molecule has 0 aliphatic heterocycles. The number of H-pyrrole nitrogens is 1. The van der Waals surface area contributed by atoms with E-state index in [1.165, 1.54) is 0 Å². The van der Waals surface area contributed by atoms with E-state index in [9.17, 15) is 9.90 Å². The predicted molar refractivity (Wildman–Crippen MR) is 82.3 cm³/mol. The molecule has 5 nitrogen and oxygen atoms in total. The van der Waals surface area contributed by atoms with Gasteiger partial charge < -0.3 is 10.1 Å². The molecule has 20 heavy (non-hydrogen) atoms. The SMILES string of the molecule is CCC(O)CN(C)Cc1nc2sc(C)c(C)c2c(=O)[nH]1. The normalized spacial score (nSPS) is 13.3. The van der Waals surface area contributed by atoms with Gasteiger partial charge in [0.1, 0.15) is 10.7 Å². The van der Waals surface area contributed by atoms with Crippen LogP contribution in [0.5, 0.6) is 0 Å². The summed E-state index contributed by atoms with van der Waals surface area (Å²) in [6, 6.07) is 0. The summed E-state index contributed by atoms with van der Waals surface area (Å²) in [6.07, 6.45) is 0.373. The Labute approximate surface area is 122 Å². The van der Waals surface area contributed by atoms with Gasteiger partial charge in [-0.3, -0.25) is 9.69 Å². The molecule has 0 spiro atoms. The minimum absolute atomic E-state index is 0.0729. The second-order valence-corrected chi connectivity index (χ2v) is 6.44. The average molecular weight is 295 g/mol. The van der Waals surface area contributed by atoms with Gasteiger partial charge in [-0.05, 0) is 32.9 Å². The molecule has 0 aromatic carbocycles. The molecular formula is C14H21N3O2S. The average Bonchev–Trinajstić information content (AvgIpc) is 2.64. The van der Waals surface area contributed by atoms with Crippen molar-refractivity contribution < 1.29 is 5.11 Å². The van der Waals surface area contributed by atoms with Crippen molar-refractivity contribution >= 4 is 21.6 Å². The van der Waals surface area contributed by atoms with E-state index in [0.717, 1.165) is 21.7 Å². The maximum Gasteiger partial charge on any atom is 0.259 e. The molecule has 0 bridgehead atoms. The molecule has 1 atom stereocenters. The topological polar surface area (TPSA) is 69.2 Å². The van der Waals surface area contributed by atoms with Crippen molar-refractivity contribution in [1.29, 1.82) is 0 Å². The molecule has 2 aromatic rings. The highest BCUT2D eigenvalue weighted by atomic mass is 32.1. The molecule has 1 unspecified atom stereocenters. The molecule has 2 rings (SSSR count). The van der Waals surface area contributed by atoms with E-state index in [2.05, 4.69) is 9.97 Å². The van der Waals surface area contributed by atoms with Crippen molar-refractivity contribution in [2.45, 2.75) is 39.8 Å². The van der Waals surface area contributed by atoms with Crippen LogP contribution >= 0.6 is 11.3 Å². The van der Waals surface area contributed by atoms with Gasteiger partial charge in [-0.25, -0.2) is 4.98 Å². The van der Waals surface area contributed by atoms with Gasteiger partial charge in [0, 0.05) is 11.4 Å². The number of thiophene rings is 1. The van der Waals surface area contributed by atoms with Crippen molar-refractivity contribution in [2.24, 2.45) is 0 Å². The number of hydrogen-bond acceptors (Lipinski definition) is 5. The lowest BCUT2D eigenvalue weighted by atomic mass is 10.2. The fourth-order valence-corrected chi connectivity index (χ4v) is 3.23. The van der Waals surface area contributed by atoms with E-state index < -0.39 is 0 Å². The van der Waals surface area contributed by atoms with Crippen LogP contribution < -0.4 is 5.56 Å². The summed E-state index contributed by atoms with van der Waals surface area (Å²) in [6.45, 7) is 7.00. The zero-order chi connectivity index (χ0) is 14.9. The summed E-state index contributed by atoms with van der Waals surface area (Å²) in [5.74, 6) is 0.648. The number of nitrogens with one attached hydrogen (secondary N) is 1. The largest absolute Gasteiger partial charge is 0.392 e. The summed E-state index contributed by atoms with van der Waals surface area (Å²) in [4.78, 5) is 23.4. The minimum Gasteiger partial charge on any atom is -0.392 e. The van der Waals surface area contributed by atoms with Crippen molar-refractivity contribution in [2.75, 3.05) is 13.6 Å². The number of nitrogens with zero attached hydrogens (tertiary/aromatic N) is 2. The van der Waals surface area contributed by atoms with Gasteiger partial charge in [-0.2, -0.15) is 0 Å². The molecule has 0 radical (unpaired) electrons. The molecule has 6 heteroatoms. The highest BCUT2D eigenvalue weighted by Crippen LogP contribution is 2.25. The molecule has 2 N–H and O–H groups in total. The molecule has 110 valence electrons. The Bertz CT molecular complexity index is 662. The van der Waals surface area contributed by atoms with Crippen molar-refractivity contribution in [3.63, 3.8) is 0 Å². The molecule has 0 amide bonds. The Morgan fingerprint density at radius 1 is 1.45 bits per heavy atom. The van der Waals surface area contributed by atoms with Gasteiger partial charge in [-0.1, -0.05) is 6.92 Å². The van der Waals surface area contributed by atoms with E-state index in [1.807, 2.05) is 32.7 Å². The maximum absolute atomic E-state index is 12.1. The lowest BCUT2D eigenvalue weighted by molar-refractivity contribution is 0.118. The smallest absolute Gasteiger partial charge is 0.259 e. The molecule has 0 aliphatic rings. The number of fused-ring (bicyclic) bond motifs is 1. The first-order valence-corrected chi connectivity index (χ1v) is 7.59. The maximum atomic E-state index is 12.1. The first-order chi connectivity index (χ1) is 9.42. The Hall–Kier alpha value is -1.24. The fraction of sp³-hybridized carbons (Fsp3) is 0.571. The van der Waals surface area contributed by atoms with Crippen molar-refractivity contribution in [3.8, 4) is 0 Å². The van der Waals surface area contributed by atoms with Crippen LogP contribution in [-0.2, 0) is 6.54 Å². The van der Waals surface area contributed by atoms with Gasteiger partial charge in [-0.15, -0.1) is 11.3 Å². The van der Waals surface area contributed by atoms with Crippen molar-refractivity contribution in [1.82, 2.24) is 14.9 Å². The first kappa shape index (κ1) is 15.2. The lowest BCUT2D eigenvalue weighted by Gasteiger charge is -2.18. The summed E-state index contributed by atoms with van der Waals surface area (Å²) in [5.41, 5.74) is 0.941. The number of aromatic nitrogens is 2. The Morgan fingerprint density at radius 2 is 2.15 bits per heavy atom. The van der Waals surface area contributed by atoms with E-state index in [-0.39, 0.29) is 11.7 Å². The zero-order valence-electron chi connectivity index (χ0n) is 12.4. The molecule has 2 aromatic heterocycles. The Morgan fingerprint density at radius 3 is 2.80 bits per heavy atom. The van der Waals surface area contributed by atoms with Gasteiger partial charge in [0.15, 0.2) is 0 Å². The van der Waals surface area contributed by atoms with Gasteiger partial charge in [0.2, 0.25) is 0 Å². The van der Waals surface area contributed by atoms with Crippen LogP contribution in [0.25, 0.3) is 10.2 Å². The molecule has 2 heterocycles. The standard InChI is InChI=1S/C14H21N3O2S/c1-5-10(18)6-17(4)7-11-15-13(19)12-8(2)9(3)20-14(12)16-11/h10,18H,5-7H2,1-4H3,(H,15,16,19). The van der Waals surface area contributed by atoms with E-state index in [4.69, 9.17) is 0 Å². The summed E-state index contributed by atoms with van der Waals surface area (Å²) in [5, 5.41) is 10.3. The molecule has 0 saturated carbocycles. The lowest BCUT2D eigenvalue weighted by Crippen LogP contribution is -2.29. The molecular weight excluding hydrogens is 274 g/mol. The number of aryl methyl sites for hydroxylation is 2. The zero-order valence-corrected chi connectivity index (χ0v) is 13.2. The van der Waals surface area contributed by atoms with E-state index >= 15 is 0 Å². The monoisotopic (exact) mass is 295 g/mol. The number of aliphatic hydroxyl groups is 1. The Balaban J connectivity index is 2.26. The highest BCUT2D eigenvalue weighted by Gasteiger charge is 2.13. The predicted octanol–water partition coefficient (Wildman–Crippen LogP) is 1.80. The Kier molecular flexibility index (Phi) is 4.57. The third-order valence-electron chi connectivity index (χ3n) is 3.50. The van der Waals surface area contributed by atoms with Crippen LogP contribution in [0, 0.1) is 13.8 Å². The highest BCUT2D eigenvalue weighted by molar-refractivity contribution is 7.18. The second-order valence-electron chi connectivity index (χ2n) is 5.23. The minimum atomic E-state index is -0.346. The number of likely N-dealkylation sites (N-methyl/N-ethyl adjacent to an activating group) is 1. The summed E-state index contributed by atoms with van der Waals surface area (Å²) >= 11 is 1.55. The van der Waals surface area contributed by atoms with E-state index in [1.54, 1.807) is 11.3 Å². The fourth-order valence-electron chi connectivity index (χ4n) is 2.18. The number of aliphatic hydroxyl groups excluding tert-OH is 1. The third-order valence-corrected chi connectivity index (χ3v) is 4.60. The van der Waals surface area contributed by atoms with Crippen LogP contribution in [0.2, 0.25) is 0 Å². The quantitative estimate of drug-likeness (QED) is 0.882. The van der Waals surface area contributed by atoms with Crippen LogP contribution in [0.15, 0.2) is 4.79 Å². The van der Waals surface area contributed by atoms with Crippen LogP contribution in [0.1, 0.15) is 29.6 Å². The van der Waals surface area contributed by atoms with Gasteiger partial charge in [0.05, 0.1) is 18.0 Å². The van der Waals surface area contributed by atoms with Crippen molar-refractivity contribution in [3.05, 3.63) is 26.6 Å². The number of hydrogen-bond donors (Lipinski definition) is 2. The van der Waals surface area contributed by atoms with Crippen LogP contribution in [0.4, 0.5) is 0 Å². The first-order valence-electron chi connectivity index (χ1n) is 6.77. The van der Waals surface area contributed by atoms with Crippen LogP contribution in [-0.4, -0.2) is 39.7 Å². The van der Waals surface area contributed by atoms with E-state index in [0.29, 0.717) is 24.3 Å². The molecule has 0 saturated heterocycles. The summed E-state index contributed by atoms with van der Waals surface area (Å²) < 4.78 is 0. The molecule has 0 fully saturated rings. The van der Waals surface area contributed by atoms with Gasteiger partial charge >= 0.3 is 0 Å². The van der Waals surface area contributed by atoms with Gasteiger partial charge in [0.25, 0.3) is 5.56 Å².